The molecule has 2 unspecified atom stereocenters. The number of carbonyl (C=O) groups excluding carboxylic acids is 4. The van der Waals surface area contributed by atoms with Crippen molar-refractivity contribution < 1.29 is 28.7 Å². The summed E-state index contributed by atoms with van der Waals surface area (Å²) in [5.41, 5.74) is 5.56. The van der Waals surface area contributed by atoms with Crippen LogP contribution in [0.1, 0.15) is 114 Å². The number of hydrogen-bond acceptors (Lipinski definition) is 13. The summed E-state index contributed by atoms with van der Waals surface area (Å²) in [6.45, 7) is 11.3. The predicted molar refractivity (Wildman–Crippen MR) is 247 cm³/mol. The number of rotatable bonds is 12. The molecule has 4 aromatic rings. The van der Waals surface area contributed by atoms with Crippen LogP contribution in [0.15, 0.2) is 54.9 Å². The zero-order valence-electron chi connectivity index (χ0n) is 38.6. The van der Waals surface area contributed by atoms with Crippen LogP contribution >= 0.6 is 0 Å². The SMILES string of the molecule is CC1c2nc(N3CCC(OC4CCC(CN5CCN(Cc6ccc7c(n6)C(=O)N(c6cccc(C8(Cc9nncn9C)COC8)c6)C7)CC5)CC4)CC3)ccc2C(=O)N1C1CCC(=O)NC1=O. The summed E-state index contributed by atoms with van der Waals surface area (Å²) in [6, 6.07) is 15.3. The minimum Gasteiger partial charge on any atom is -0.379 e. The highest BCUT2D eigenvalue weighted by Crippen LogP contribution is 2.40. The number of imide groups is 1. The van der Waals surface area contributed by atoms with Gasteiger partial charge in [-0.05, 0) is 93.7 Å². The van der Waals surface area contributed by atoms with Gasteiger partial charge >= 0.3 is 0 Å². The number of piperazine rings is 1. The first-order chi connectivity index (χ1) is 32.6. The fourth-order valence-electron chi connectivity index (χ4n) is 11.6. The summed E-state index contributed by atoms with van der Waals surface area (Å²) < 4.78 is 14.4. The Hall–Kier alpha value is -5.62. The van der Waals surface area contributed by atoms with Gasteiger partial charge in [-0.3, -0.25) is 29.4 Å². The second-order valence-corrected chi connectivity index (χ2v) is 20.1. The molecular formula is C50H61N11O6. The molecule has 1 N–H and O–H groups in total. The molecule has 352 valence electrons. The van der Waals surface area contributed by atoms with Crippen molar-refractivity contribution in [3.05, 3.63) is 94.5 Å². The molecule has 17 nitrogen and oxygen atoms in total. The number of nitrogens with zero attached hydrogens (tertiary/aromatic N) is 10. The maximum absolute atomic E-state index is 13.9. The van der Waals surface area contributed by atoms with Crippen LogP contribution in [0, 0.1) is 5.92 Å². The van der Waals surface area contributed by atoms with E-state index in [1.54, 1.807) is 11.2 Å². The van der Waals surface area contributed by atoms with Gasteiger partial charge in [-0.1, -0.05) is 18.2 Å². The Labute approximate surface area is 391 Å². The molecule has 67 heavy (non-hydrogen) atoms. The normalized spacial score (nSPS) is 25.9. The van der Waals surface area contributed by atoms with E-state index < -0.39 is 11.9 Å². The standard InChI is InChI=1S/C50H61N11O6/c1-32-45-40(48(64)61(32)41-13-15-44(62)54-47(41)63)12-14-42(53-45)59-18-16-39(17-19-59)67-38-10-6-33(7-11-38)26-57-20-22-58(23-21-57)28-36-9-8-34-27-60(49(65)46(34)52-36)37-5-3-4-35(24-37)50(29-66-30-50)25-43-55-51-31-56(43)2/h3-5,8-9,12,14,24,31-33,38-39,41H,6-7,10-11,13,15-23,25-30H2,1-2H3,(H,54,62,63). The number of pyridine rings is 2. The fourth-order valence-corrected chi connectivity index (χ4v) is 11.6. The van der Waals surface area contributed by atoms with E-state index in [-0.39, 0.29) is 41.7 Å². The Morgan fingerprint density at radius 3 is 2.34 bits per heavy atom. The number of benzene rings is 1. The third-order valence-corrected chi connectivity index (χ3v) is 15.7. The highest BCUT2D eigenvalue weighted by Gasteiger charge is 2.45. The molecule has 1 saturated carbocycles. The van der Waals surface area contributed by atoms with Crippen molar-refractivity contribution >= 4 is 35.1 Å². The van der Waals surface area contributed by atoms with Crippen LogP contribution in [0.25, 0.3) is 0 Å². The lowest BCUT2D eigenvalue weighted by molar-refractivity contribution is -0.137. The highest BCUT2D eigenvalue weighted by molar-refractivity contribution is 6.09. The van der Waals surface area contributed by atoms with Crippen LogP contribution < -0.4 is 15.1 Å². The van der Waals surface area contributed by atoms with E-state index >= 15 is 0 Å². The number of anilines is 2. The Morgan fingerprint density at radius 2 is 1.61 bits per heavy atom. The van der Waals surface area contributed by atoms with Gasteiger partial charge < -0.3 is 33.6 Å². The number of carbonyl (C=O) groups is 4. The number of piperidine rings is 2. The monoisotopic (exact) mass is 911 g/mol. The maximum Gasteiger partial charge on any atom is 0.277 e. The molecule has 11 rings (SSSR count). The minimum absolute atomic E-state index is 0.0427. The number of fused-ring (bicyclic) bond motifs is 2. The smallest absolute Gasteiger partial charge is 0.277 e. The number of amides is 4. The van der Waals surface area contributed by atoms with E-state index in [0.29, 0.717) is 55.2 Å². The fraction of sp³-hybridized carbons (Fsp3) is 0.560. The third-order valence-electron chi connectivity index (χ3n) is 15.7. The molecule has 2 atom stereocenters. The van der Waals surface area contributed by atoms with Crippen LogP contribution in [0.4, 0.5) is 11.5 Å². The molecule has 6 aliphatic heterocycles. The van der Waals surface area contributed by atoms with Crippen LogP contribution in [-0.2, 0) is 51.0 Å². The molecule has 1 aromatic carbocycles. The number of ether oxygens (including phenoxy) is 2. The number of aryl methyl sites for hydroxylation is 1. The van der Waals surface area contributed by atoms with E-state index in [1.165, 1.54) is 12.8 Å². The molecule has 9 heterocycles. The lowest BCUT2D eigenvalue weighted by atomic mass is 9.75. The summed E-state index contributed by atoms with van der Waals surface area (Å²) >= 11 is 0. The van der Waals surface area contributed by atoms with Crippen molar-refractivity contribution in [3.63, 3.8) is 0 Å². The van der Waals surface area contributed by atoms with Gasteiger partial charge in [0.05, 0.1) is 55.0 Å². The minimum atomic E-state index is -0.660. The predicted octanol–water partition coefficient (Wildman–Crippen LogP) is 3.96. The molecular weight excluding hydrogens is 851 g/mol. The largest absolute Gasteiger partial charge is 0.379 e. The second kappa shape index (κ2) is 18.1. The van der Waals surface area contributed by atoms with Crippen molar-refractivity contribution in [1.82, 2.24) is 44.7 Å². The van der Waals surface area contributed by atoms with Gasteiger partial charge in [0.1, 0.15) is 29.7 Å². The summed E-state index contributed by atoms with van der Waals surface area (Å²) in [5.74, 6) is 1.53. The van der Waals surface area contributed by atoms with Gasteiger partial charge in [0.25, 0.3) is 11.8 Å². The number of aromatic nitrogens is 5. The summed E-state index contributed by atoms with van der Waals surface area (Å²) in [6.07, 6.45) is 10.0. The topological polar surface area (TPSA) is 171 Å². The molecule has 1 aliphatic carbocycles. The molecule has 4 saturated heterocycles. The molecule has 3 aromatic heterocycles. The van der Waals surface area contributed by atoms with Gasteiger partial charge in [0, 0.05) is 88.9 Å². The van der Waals surface area contributed by atoms with Gasteiger partial charge in [-0.15, -0.1) is 10.2 Å². The second-order valence-electron chi connectivity index (χ2n) is 20.1. The third kappa shape index (κ3) is 8.63. The van der Waals surface area contributed by atoms with Crippen LogP contribution in [0.3, 0.4) is 0 Å². The maximum atomic E-state index is 13.9. The molecule has 0 spiro atoms. The number of nitrogens with one attached hydrogen (secondary N) is 1. The zero-order valence-corrected chi connectivity index (χ0v) is 38.6. The first kappa shape index (κ1) is 43.9. The van der Waals surface area contributed by atoms with Gasteiger partial charge in [0.2, 0.25) is 11.8 Å². The van der Waals surface area contributed by atoms with Gasteiger partial charge in [-0.25, -0.2) is 9.97 Å². The summed E-state index contributed by atoms with van der Waals surface area (Å²) in [4.78, 5) is 72.3. The molecule has 7 aliphatic rings. The van der Waals surface area contributed by atoms with Crippen molar-refractivity contribution in [3.8, 4) is 0 Å². The van der Waals surface area contributed by atoms with Gasteiger partial charge in [0.15, 0.2) is 0 Å². The number of hydrogen-bond donors (Lipinski definition) is 1. The molecule has 0 bridgehead atoms. The van der Waals surface area contributed by atoms with Crippen LogP contribution in [0.5, 0.6) is 0 Å². The zero-order chi connectivity index (χ0) is 45.8. The first-order valence-corrected chi connectivity index (χ1v) is 24.4. The lowest BCUT2D eigenvalue weighted by Gasteiger charge is -2.42. The average molecular weight is 912 g/mol. The molecule has 0 radical (unpaired) electrons. The summed E-state index contributed by atoms with van der Waals surface area (Å²) in [7, 11) is 1.96. The summed E-state index contributed by atoms with van der Waals surface area (Å²) in [5, 5.41) is 10.8. The van der Waals surface area contributed by atoms with Crippen LogP contribution in [0.2, 0.25) is 0 Å². The molecule has 17 heteroatoms. The Balaban J connectivity index is 0.607. The Bertz CT molecular complexity index is 2540. The first-order valence-electron chi connectivity index (χ1n) is 24.4. The quantitative estimate of drug-likeness (QED) is 0.203. The van der Waals surface area contributed by atoms with Crippen molar-refractivity contribution in [2.24, 2.45) is 13.0 Å². The average Bonchev–Trinajstić information content (AvgIpc) is 3.97. The highest BCUT2D eigenvalue weighted by atomic mass is 16.5. The van der Waals surface area contributed by atoms with Crippen molar-refractivity contribution in [2.75, 3.05) is 68.8 Å². The lowest BCUT2D eigenvalue weighted by Crippen LogP contribution is -2.53. The van der Waals surface area contributed by atoms with E-state index in [4.69, 9.17) is 19.4 Å². The molecule has 4 amide bonds. The van der Waals surface area contributed by atoms with E-state index in [0.717, 1.165) is 119 Å². The van der Waals surface area contributed by atoms with E-state index in [1.807, 2.05) is 47.7 Å². The van der Waals surface area contributed by atoms with Crippen LogP contribution in [-0.4, -0.2) is 140 Å². The van der Waals surface area contributed by atoms with Crippen molar-refractivity contribution in [1.29, 1.82) is 0 Å². The molecule has 5 fully saturated rings. The van der Waals surface area contributed by atoms with E-state index in [2.05, 4.69) is 54.5 Å². The van der Waals surface area contributed by atoms with Gasteiger partial charge in [-0.2, -0.15) is 0 Å². The van der Waals surface area contributed by atoms with Crippen molar-refractivity contribution in [2.45, 2.75) is 108 Å². The Morgan fingerprint density at radius 1 is 0.836 bits per heavy atom. The Kier molecular flexibility index (Phi) is 11.9. The van der Waals surface area contributed by atoms with E-state index in [9.17, 15) is 19.2 Å².